The second kappa shape index (κ2) is 5.20. The van der Waals surface area contributed by atoms with Crippen LogP contribution in [0.5, 0.6) is 0 Å². The van der Waals surface area contributed by atoms with E-state index in [1.807, 2.05) is 23.1 Å². The first kappa shape index (κ1) is 13.6. The Kier molecular flexibility index (Phi) is 3.54. The summed E-state index contributed by atoms with van der Waals surface area (Å²) in [5.74, 6) is 0.835. The molecule has 1 aromatic carbocycles. The van der Waals surface area contributed by atoms with Crippen LogP contribution >= 0.6 is 0 Å². The molecule has 5 heteroatoms. The van der Waals surface area contributed by atoms with Crippen molar-refractivity contribution in [3.63, 3.8) is 0 Å². The quantitative estimate of drug-likeness (QED) is 0.835. The van der Waals surface area contributed by atoms with Gasteiger partial charge in [-0.25, -0.2) is 8.42 Å². The molecule has 0 atom stereocenters. The number of sulfone groups is 1. The van der Waals surface area contributed by atoms with E-state index in [2.05, 4.69) is 6.07 Å². The Hall–Kier alpha value is -1.36. The summed E-state index contributed by atoms with van der Waals surface area (Å²) in [5, 5.41) is 0. The Morgan fingerprint density at radius 1 is 1.20 bits per heavy atom. The Morgan fingerprint density at radius 3 is 2.65 bits per heavy atom. The predicted octanol–water partition coefficient (Wildman–Crippen LogP) is 1.79. The lowest BCUT2D eigenvalue weighted by Gasteiger charge is -2.24. The molecule has 0 spiro atoms. The van der Waals surface area contributed by atoms with Gasteiger partial charge in [-0.15, -0.1) is 0 Å². The molecular weight excluding hydrogens is 274 g/mol. The van der Waals surface area contributed by atoms with Gasteiger partial charge in [0.2, 0.25) is 5.91 Å². The molecular formula is C15H19NO3S. The third-order valence-electron chi connectivity index (χ3n) is 4.33. The van der Waals surface area contributed by atoms with Gasteiger partial charge in [0.05, 0.1) is 11.5 Å². The van der Waals surface area contributed by atoms with Crippen molar-refractivity contribution in [1.29, 1.82) is 0 Å². The topological polar surface area (TPSA) is 54.5 Å². The molecule has 0 aliphatic carbocycles. The summed E-state index contributed by atoms with van der Waals surface area (Å²) in [6.45, 7) is 0.753. The summed E-state index contributed by atoms with van der Waals surface area (Å²) < 4.78 is 22.8. The number of carbonyl (C=O) groups excluding carboxylic acids is 1. The Morgan fingerprint density at radius 2 is 1.90 bits per heavy atom. The summed E-state index contributed by atoms with van der Waals surface area (Å²) in [6.07, 6.45) is 2.65. The number of anilines is 1. The molecule has 108 valence electrons. The van der Waals surface area contributed by atoms with E-state index in [1.54, 1.807) is 0 Å². The molecule has 2 heterocycles. The van der Waals surface area contributed by atoms with E-state index < -0.39 is 9.84 Å². The highest BCUT2D eigenvalue weighted by molar-refractivity contribution is 7.91. The zero-order valence-corrected chi connectivity index (χ0v) is 12.2. The molecule has 2 aliphatic heterocycles. The minimum atomic E-state index is -2.84. The third kappa shape index (κ3) is 2.73. The van der Waals surface area contributed by atoms with Crippen LogP contribution in [-0.2, 0) is 21.1 Å². The second-order valence-electron chi connectivity index (χ2n) is 5.72. The minimum Gasteiger partial charge on any atom is -0.312 e. The molecule has 1 fully saturated rings. The molecule has 0 bridgehead atoms. The summed E-state index contributed by atoms with van der Waals surface area (Å²) in [7, 11) is -2.84. The molecule has 2 aliphatic rings. The zero-order valence-electron chi connectivity index (χ0n) is 11.4. The largest absolute Gasteiger partial charge is 0.312 e. The van der Waals surface area contributed by atoms with E-state index in [-0.39, 0.29) is 23.3 Å². The number of rotatable bonds is 2. The first-order valence-electron chi connectivity index (χ1n) is 7.14. The number of amides is 1. The van der Waals surface area contributed by atoms with Gasteiger partial charge in [0.25, 0.3) is 0 Å². The number of carbonyl (C=O) groups is 1. The Labute approximate surface area is 119 Å². The molecule has 1 aromatic rings. The molecule has 1 saturated heterocycles. The maximum atomic E-state index is 12.4. The van der Waals surface area contributed by atoms with Gasteiger partial charge in [0, 0.05) is 18.7 Å². The SMILES string of the molecule is O=C(CC1CCS(=O)(=O)CC1)N1CCc2ccccc21. The highest BCUT2D eigenvalue weighted by Crippen LogP contribution is 2.30. The lowest BCUT2D eigenvalue weighted by Crippen LogP contribution is -2.33. The van der Waals surface area contributed by atoms with Gasteiger partial charge in [-0.3, -0.25) is 4.79 Å². The monoisotopic (exact) mass is 293 g/mol. The minimum absolute atomic E-state index is 0.138. The van der Waals surface area contributed by atoms with Gasteiger partial charge in [0.15, 0.2) is 0 Å². The van der Waals surface area contributed by atoms with Gasteiger partial charge in [-0.1, -0.05) is 18.2 Å². The van der Waals surface area contributed by atoms with Gasteiger partial charge in [-0.2, -0.15) is 0 Å². The standard InChI is InChI=1S/C15H19NO3S/c17-15(11-12-6-9-20(18,19)10-7-12)16-8-5-13-3-1-2-4-14(13)16/h1-4,12H,5-11H2. The maximum absolute atomic E-state index is 12.4. The molecule has 0 saturated carbocycles. The predicted molar refractivity (Wildman–Crippen MR) is 78.5 cm³/mol. The lowest BCUT2D eigenvalue weighted by atomic mass is 9.98. The van der Waals surface area contributed by atoms with Crippen LogP contribution in [0.4, 0.5) is 5.69 Å². The smallest absolute Gasteiger partial charge is 0.227 e. The maximum Gasteiger partial charge on any atom is 0.227 e. The summed E-state index contributed by atoms with van der Waals surface area (Å²) in [6, 6.07) is 8.01. The molecule has 20 heavy (non-hydrogen) atoms. The molecule has 1 amide bonds. The molecule has 0 N–H and O–H groups in total. The number of benzene rings is 1. The fourth-order valence-corrected chi connectivity index (χ4v) is 4.69. The number of hydrogen-bond donors (Lipinski definition) is 0. The van der Waals surface area contributed by atoms with Crippen LogP contribution in [-0.4, -0.2) is 32.4 Å². The number of fused-ring (bicyclic) bond motifs is 1. The Bertz CT molecular complexity index is 610. The first-order chi connectivity index (χ1) is 9.55. The highest BCUT2D eigenvalue weighted by Gasteiger charge is 2.29. The molecule has 4 nitrogen and oxygen atoms in total. The van der Waals surface area contributed by atoms with Crippen molar-refractivity contribution in [2.24, 2.45) is 5.92 Å². The molecule has 0 aromatic heterocycles. The van der Waals surface area contributed by atoms with E-state index in [1.165, 1.54) is 5.56 Å². The lowest BCUT2D eigenvalue weighted by molar-refractivity contribution is -0.119. The van der Waals surface area contributed by atoms with Crippen molar-refractivity contribution >= 4 is 21.4 Å². The average Bonchev–Trinajstić information content (AvgIpc) is 2.85. The van der Waals surface area contributed by atoms with E-state index in [4.69, 9.17) is 0 Å². The number of hydrogen-bond acceptors (Lipinski definition) is 3. The van der Waals surface area contributed by atoms with E-state index in [0.717, 1.165) is 18.7 Å². The third-order valence-corrected chi connectivity index (χ3v) is 6.04. The fraction of sp³-hybridized carbons (Fsp3) is 0.533. The first-order valence-corrected chi connectivity index (χ1v) is 8.96. The van der Waals surface area contributed by atoms with Crippen LogP contribution in [0.1, 0.15) is 24.8 Å². The van der Waals surface area contributed by atoms with E-state index in [0.29, 0.717) is 19.3 Å². The van der Waals surface area contributed by atoms with Crippen molar-refractivity contribution in [3.05, 3.63) is 29.8 Å². The Balaban J connectivity index is 1.64. The fourth-order valence-electron chi connectivity index (χ4n) is 3.10. The zero-order chi connectivity index (χ0) is 14.2. The van der Waals surface area contributed by atoms with Gasteiger partial charge in [0.1, 0.15) is 9.84 Å². The second-order valence-corrected chi connectivity index (χ2v) is 8.03. The van der Waals surface area contributed by atoms with Crippen LogP contribution < -0.4 is 4.90 Å². The summed E-state index contributed by atoms with van der Waals surface area (Å²) in [5.41, 5.74) is 2.26. The van der Waals surface area contributed by atoms with Crippen molar-refractivity contribution in [2.75, 3.05) is 23.0 Å². The van der Waals surface area contributed by atoms with Crippen LogP contribution in [0.25, 0.3) is 0 Å². The van der Waals surface area contributed by atoms with Crippen molar-refractivity contribution in [2.45, 2.75) is 25.7 Å². The van der Waals surface area contributed by atoms with Crippen molar-refractivity contribution in [3.8, 4) is 0 Å². The van der Waals surface area contributed by atoms with Crippen LogP contribution in [0.15, 0.2) is 24.3 Å². The molecule has 0 radical (unpaired) electrons. The van der Waals surface area contributed by atoms with Crippen LogP contribution in [0.3, 0.4) is 0 Å². The van der Waals surface area contributed by atoms with Gasteiger partial charge >= 0.3 is 0 Å². The molecule has 3 rings (SSSR count). The van der Waals surface area contributed by atoms with Crippen molar-refractivity contribution in [1.82, 2.24) is 0 Å². The average molecular weight is 293 g/mol. The van der Waals surface area contributed by atoms with E-state index in [9.17, 15) is 13.2 Å². The van der Waals surface area contributed by atoms with Crippen LogP contribution in [0.2, 0.25) is 0 Å². The highest BCUT2D eigenvalue weighted by atomic mass is 32.2. The summed E-state index contributed by atoms with van der Waals surface area (Å²) >= 11 is 0. The normalized spacial score (nSPS) is 21.7. The van der Waals surface area contributed by atoms with Gasteiger partial charge in [-0.05, 0) is 36.8 Å². The van der Waals surface area contributed by atoms with Crippen LogP contribution in [0, 0.1) is 5.92 Å². The number of para-hydroxylation sites is 1. The summed E-state index contributed by atoms with van der Waals surface area (Å²) in [4.78, 5) is 14.3. The number of nitrogens with zero attached hydrogens (tertiary/aromatic N) is 1. The molecule has 0 unspecified atom stereocenters. The van der Waals surface area contributed by atoms with Crippen molar-refractivity contribution < 1.29 is 13.2 Å². The van der Waals surface area contributed by atoms with E-state index >= 15 is 0 Å². The van der Waals surface area contributed by atoms with Gasteiger partial charge < -0.3 is 4.90 Å².